The molecule has 2 aromatic carbocycles. The van der Waals surface area contributed by atoms with Gasteiger partial charge < -0.3 is 9.64 Å². The number of rotatable bonds is 5. The van der Waals surface area contributed by atoms with Gasteiger partial charge in [-0.2, -0.15) is 4.31 Å². The number of methoxy groups -OCH3 is 1. The average Bonchev–Trinajstić information content (AvgIpc) is 3.09. The lowest BCUT2D eigenvalue weighted by Crippen LogP contribution is -2.45. The van der Waals surface area contributed by atoms with E-state index in [1.165, 1.54) is 0 Å². The number of aryl methyl sites for hydroxylation is 3. The summed E-state index contributed by atoms with van der Waals surface area (Å²) >= 11 is 0. The summed E-state index contributed by atoms with van der Waals surface area (Å²) in [6.07, 6.45) is 5.32. The summed E-state index contributed by atoms with van der Waals surface area (Å²) in [6, 6.07) is 12.0. The Morgan fingerprint density at radius 3 is 2.11 bits per heavy atom. The molecule has 35 heavy (non-hydrogen) atoms. The second-order valence-corrected chi connectivity index (χ2v) is 12.0. The zero-order chi connectivity index (χ0) is 25.2. The molecule has 1 atom stereocenters. The first-order valence-corrected chi connectivity index (χ1v) is 14.2. The number of piperidine rings is 1. The summed E-state index contributed by atoms with van der Waals surface area (Å²) in [6.45, 7) is 7.23. The van der Waals surface area contributed by atoms with Crippen LogP contribution in [0.5, 0.6) is 5.75 Å². The number of nitrogens with zero attached hydrogens (tertiary/aromatic N) is 2. The van der Waals surface area contributed by atoms with Crippen LogP contribution in [0, 0.1) is 26.7 Å². The minimum atomic E-state index is -3.58. The van der Waals surface area contributed by atoms with Crippen molar-refractivity contribution in [1.82, 2.24) is 9.21 Å². The molecule has 0 spiro atoms. The molecule has 2 aromatic rings. The molecular formula is C28H38N2O4S. The van der Waals surface area contributed by atoms with E-state index in [1.807, 2.05) is 45.0 Å². The fourth-order valence-electron chi connectivity index (χ4n) is 5.83. The summed E-state index contributed by atoms with van der Waals surface area (Å²) in [5.41, 5.74) is 3.78. The summed E-state index contributed by atoms with van der Waals surface area (Å²) < 4.78 is 33.8. The lowest BCUT2D eigenvalue weighted by molar-refractivity contribution is -0.139. The Hall–Kier alpha value is -2.38. The van der Waals surface area contributed by atoms with E-state index >= 15 is 0 Å². The Kier molecular flexibility index (Phi) is 7.86. The molecule has 7 heteroatoms. The topological polar surface area (TPSA) is 66.9 Å². The fraction of sp³-hybridized carbons (Fsp3) is 0.536. The van der Waals surface area contributed by atoms with Gasteiger partial charge in [0.1, 0.15) is 5.75 Å². The monoisotopic (exact) mass is 498 g/mol. The molecule has 0 aliphatic carbocycles. The number of amides is 1. The third-order valence-corrected chi connectivity index (χ3v) is 9.75. The molecule has 1 amide bonds. The van der Waals surface area contributed by atoms with E-state index < -0.39 is 10.0 Å². The van der Waals surface area contributed by atoms with Crippen LogP contribution >= 0.6 is 0 Å². The van der Waals surface area contributed by atoms with Crippen molar-refractivity contribution in [2.75, 3.05) is 26.7 Å². The molecule has 1 unspecified atom stereocenters. The van der Waals surface area contributed by atoms with E-state index in [-0.39, 0.29) is 17.9 Å². The van der Waals surface area contributed by atoms with Gasteiger partial charge in [0, 0.05) is 25.6 Å². The van der Waals surface area contributed by atoms with Crippen LogP contribution in [0.2, 0.25) is 0 Å². The Morgan fingerprint density at radius 1 is 0.886 bits per heavy atom. The number of carbonyl (C=O) groups excluding carboxylic acids is 1. The Balaban J connectivity index is 1.48. The van der Waals surface area contributed by atoms with Crippen molar-refractivity contribution < 1.29 is 17.9 Å². The smallest absolute Gasteiger partial charge is 0.243 e. The molecule has 2 aliphatic heterocycles. The van der Waals surface area contributed by atoms with Gasteiger partial charge in [0.15, 0.2) is 0 Å². The molecule has 0 aromatic heterocycles. The highest BCUT2D eigenvalue weighted by Gasteiger charge is 2.37. The van der Waals surface area contributed by atoms with Crippen molar-refractivity contribution in [2.24, 2.45) is 5.92 Å². The molecule has 0 saturated carbocycles. The number of likely N-dealkylation sites (tertiary alicyclic amines) is 1. The van der Waals surface area contributed by atoms with E-state index in [4.69, 9.17) is 4.74 Å². The summed E-state index contributed by atoms with van der Waals surface area (Å²) in [5.74, 6) is 0.848. The highest BCUT2D eigenvalue weighted by atomic mass is 32.2. The van der Waals surface area contributed by atoms with Crippen molar-refractivity contribution in [1.29, 1.82) is 0 Å². The lowest BCUT2D eigenvalue weighted by atomic mass is 9.94. The van der Waals surface area contributed by atoms with Crippen molar-refractivity contribution in [3.63, 3.8) is 0 Å². The van der Waals surface area contributed by atoms with Crippen LogP contribution in [0.15, 0.2) is 41.3 Å². The maximum atomic E-state index is 13.7. The van der Waals surface area contributed by atoms with Gasteiger partial charge in [-0.3, -0.25) is 4.79 Å². The minimum absolute atomic E-state index is 0.0653. The lowest BCUT2D eigenvalue weighted by Gasteiger charge is -2.37. The van der Waals surface area contributed by atoms with Gasteiger partial charge in [-0.25, -0.2) is 8.42 Å². The molecule has 2 fully saturated rings. The summed E-state index contributed by atoms with van der Waals surface area (Å²) in [4.78, 5) is 16.2. The molecule has 2 aliphatic rings. The standard InChI is InChI=1S/C28H38N2O4S/c1-20-18-21(2)27(22(3)19-20)35(32,33)29-16-13-24(14-17-29)28(31)30-15-7-5-6-8-26(30)23-9-11-25(34-4)12-10-23/h9-12,18-19,24,26H,5-8,13-17H2,1-4H3. The van der Waals surface area contributed by atoms with Crippen LogP contribution < -0.4 is 4.74 Å². The van der Waals surface area contributed by atoms with Crippen LogP contribution in [0.4, 0.5) is 0 Å². The maximum absolute atomic E-state index is 13.7. The number of carbonyl (C=O) groups is 1. The van der Waals surface area contributed by atoms with E-state index in [9.17, 15) is 13.2 Å². The maximum Gasteiger partial charge on any atom is 0.243 e. The van der Waals surface area contributed by atoms with Gasteiger partial charge >= 0.3 is 0 Å². The first-order chi connectivity index (χ1) is 16.7. The number of hydrogen-bond donors (Lipinski definition) is 0. The molecule has 0 radical (unpaired) electrons. The molecule has 4 rings (SSSR count). The van der Waals surface area contributed by atoms with Gasteiger partial charge in [-0.1, -0.05) is 42.7 Å². The largest absolute Gasteiger partial charge is 0.497 e. The fourth-order valence-corrected chi connectivity index (χ4v) is 7.71. The van der Waals surface area contributed by atoms with Crippen LogP contribution in [-0.4, -0.2) is 50.3 Å². The molecule has 6 nitrogen and oxygen atoms in total. The minimum Gasteiger partial charge on any atom is -0.497 e. The Morgan fingerprint density at radius 2 is 1.51 bits per heavy atom. The van der Waals surface area contributed by atoms with Crippen LogP contribution in [0.1, 0.15) is 66.8 Å². The van der Waals surface area contributed by atoms with Crippen LogP contribution in [-0.2, 0) is 14.8 Å². The first-order valence-electron chi connectivity index (χ1n) is 12.7. The zero-order valence-corrected chi connectivity index (χ0v) is 22.2. The van der Waals surface area contributed by atoms with Crippen LogP contribution in [0.25, 0.3) is 0 Å². The zero-order valence-electron chi connectivity index (χ0n) is 21.4. The van der Waals surface area contributed by atoms with Gasteiger partial charge in [-0.15, -0.1) is 0 Å². The van der Waals surface area contributed by atoms with E-state index in [2.05, 4.69) is 17.0 Å². The second-order valence-electron chi connectivity index (χ2n) is 10.1. The van der Waals surface area contributed by atoms with Gasteiger partial charge in [0.25, 0.3) is 0 Å². The van der Waals surface area contributed by atoms with Gasteiger partial charge in [0.05, 0.1) is 18.0 Å². The van der Waals surface area contributed by atoms with E-state index in [0.29, 0.717) is 30.8 Å². The molecule has 190 valence electrons. The molecule has 0 N–H and O–H groups in total. The van der Waals surface area contributed by atoms with Crippen molar-refractivity contribution in [3.05, 3.63) is 58.7 Å². The van der Waals surface area contributed by atoms with Crippen molar-refractivity contribution >= 4 is 15.9 Å². The van der Waals surface area contributed by atoms with E-state index in [1.54, 1.807) is 11.4 Å². The van der Waals surface area contributed by atoms with E-state index in [0.717, 1.165) is 60.2 Å². The number of ether oxygens (including phenoxy) is 1. The highest BCUT2D eigenvalue weighted by Crippen LogP contribution is 2.35. The van der Waals surface area contributed by atoms with Gasteiger partial charge in [-0.05, 0) is 75.3 Å². The normalized spacial score (nSPS) is 20.5. The predicted molar refractivity (Wildman–Crippen MR) is 138 cm³/mol. The molecule has 2 saturated heterocycles. The van der Waals surface area contributed by atoms with Crippen molar-refractivity contribution in [2.45, 2.75) is 70.2 Å². The van der Waals surface area contributed by atoms with Crippen molar-refractivity contribution in [3.8, 4) is 5.75 Å². The first kappa shape index (κ1) is 25.7. The summed E-state index contributed by atoms with van der Waals surface area (Å²) in [5, 5.41) is 0. The highest BCUT2D eigenvalue weighted by molar-refractivity contribution is 7.89. The number of sulfonamides is 1. The third-order valence-electron chi connectivity index (χ3n) is 7.54. The molecular weight excluding hydrogens is 460 g/mol. The van der Waals surface area contributed by atoms with Gasteiger partial charge in [0.2, 0.25) is 15.9 Å². The molecule has 2 heterocycles. The van der Waals surface area contributed by atoms with Crippen LogP contribution in [0.3, 0.4) is 0 Å². The second kappa shape index (κ2) is 10.7. The Bertz CT molecular complexity index is 1130. The predicted octanol–water partition coefficient (Wildman–Crippen LogP) is 5.17. The SMILES string of the molecule is COc1ccc(C2CCCCCN2C(=O)C2CCN(S(=O)(=O)c3c(C)cc(C)cc3C)CC2)cc1. The Labute approximate surface area is 210 Å². The third kappa shape index (κ3) is 5.41. The number of hydrogen-bond acceptors (Lipinski definition) is 4. The summed E-state index contributed by atoms with van der Waals surface area (Å²) in [7, 11) is -1.93. The quantitative estimate of drug-likeness (QED) is 0.571. The molecule has 0 bridgehead atoms. The number of benzene rings is 2. The average molecular weight is 499 g/mol.